The van der Waals surface area contributed by atoms with Crippen molar-refractivity contribution in [2.24, 2.45) is 17.4 Å². The number of primary amides is 2. The van der Waals surface area contributed by atoms with Gasteiger partial charge in [-0.1, -0.05) is 90.7 Å². The maximum atomic E-state index is 14.9. The molecule has 0 radical (unpaired) electrons. The Balaban J connectivity index is 1.53. The molecule has 1 spiro atoms. The van der Waals surface area contributed by atoms with Crippen molar-refractivity contribution in [2.75, 3.05) is 25.1 Å². The predicted molar refractivity (Wildman–Crippen MR) is 186 cm³/mol. The number of aliphatic hydroxyl groups is 1. The minimum atomic E-state index is -1.79. The molecule has 51 heavy (non-hydrogen) atoms. The van der Waals surface area contributed by atoms with Gasteiger partial charge in [0, 0.05) is 16.8 Å². The van der Waals surface area contributed by atoms with E-state index in [0.717, 1.165) is 11.1 Å². The fourth-order valence-corrected chi connectivity index (χ4v) is 7.94. The minimum absolute atomic E-state index is 0.0157. The molecule has 6 unspecified atom stereocenters. The van der Waals surface area contributed by atoms with Crippen molar-refractivity contribution >= 4 is 29.5 Å². The van der Waals surface area contributed by atoms with Gasteiger partial charge < -0.3 is 36.7 Å². The SMILES string of the molecule is NC(=O)NCC#Cc1ccc2c(c1)C1(C(=O)N2)C(C(N)=O)C2C(=O)OC(c3ccccc3)C(c3ccccc3)N2C1c1ccccc1OCCO. The summed E-state index contributed by atoms with van der Waals surface area (Å²) < 4.78 is 12.4. The number of nitrogens with two attached hydrogens (primary N) is 2. The highest BCUT2D eigenvalue weighted by Gasteiger charge is 2.74. The van der Waals surface area contributed by atoms with Crippen molar-refractivity contribution in [3.63, 3.8) is 0 Å². The smallest absolute Gasteiger partial charge is 0.324 e. The highest BCUT2D eigenvalue weighted by Crippen LogP contribution is 2.65. The highest BCUT2D eigenvalue weighted by molar-refractivity contribution is 6.12. The lowest BCUT2D eigenvalue weighted by molar-refractivity contribution is -0.178. The van der Waals surface area contributed by atoms with Crippen LogP contribution in [0.2, 0.25) is 0 Å². The van der Waals surface area contributed by atoms with Crippen molar-refractivity contribution < 1.29 is 33.8 Å². The number of morpholine rings is 1. The average molecular weight is 686 g/mol. The maximum absolute atomic E-state index is 14.9. The molecule has 2 fully saturated rings. The van der Waals surface area contributed by atoms with Gasteiger partial charge in [0.15, 0.2) is 0 Å². The third-order valence-corrected chi connectivity index (χ3v) is 9.76. The summed E-state index contributed by atoms with van der Waals surface area (Å²) in [4.78, 5) is 56.5. The Labute approximate surface area is 293 Å². The van der Waals surface area contributed by atoms with Gasteiger partial charge in [0.25, 0.3) is 0 Å². The van der Waals surface area contributed by atoms with E-state index in [1.165, 1.54) is 0 Å². The first-order chi connectivity index (χ1) is 24.8. The number of nitrogens with zero attached hydrogens (tertiary/aromatic N) is 1. The molecule has 3 aliphatic heterocycles. The van der Waals surface area contributed by atoms with Gasteiger partial charge in [0.1, 0.15) is 29.9 Å². The standard InChI is InChI=1S/C39H35N5O7/c40-35(46)30-32-36(47)51-33(25-13-5-2-6-14-25)31(24-11-3-1-4-12-24)44(32)34(26-15-7-8-16-29(26)50-21-20-45)39(30)27-22-23(10-9-19-42-38(41)49)17-18-28(27)43-37(39)48/h1-8,11-18,22,30-34,45H,19-21H2,(H2,40,46)(H,43,48)(H3,41,42,49). The first-order valence-electron chi connectivity index (χ1n) is 16.4. The van der Waals surface area contributed by atoms with E-state index in [2.05, 4.69) is 22.5 Å². The molecule has 3 heterocycles. The first-order valence-corrected chi connectivity index (χ1v) is 16.4. The van der Waals surface area contributed by atoms with Crippen LogP contribution in [0, 0.1) is 17.8 Å². The lowest BCUT2D eigenvalue weighted by Crippen LogP contribution is -2.53. The molecule has 0 aliphatic carbocycles. The highest BCUT2D eigenvalue weighted by atomic mass is 16.6. The number of nitrogens with one attached hydrogen (secondary N) is 2. The summed E-state index contributed by atoms with van der Waals surface area (Å²) >= 11 is 0. The van der Waals surface area contributed by atoms with Gasteiger partial charge in [-0.3, -0.25) is 19.3 Å². The van der Waals surface area contributed by atoms with Crippen molar-refractivity contribution in [2.45, 2.75) is 29.6 Å². The third kappa shape index (κ3) is 5.62. The zero-order valence-electron chi connectivity index (χ0n) is 27.3. The van der Waals surface area contributed by atoms with E-state index >= 15 is 0 Å². The molecule has 7 rings (SSSR count). The fourth-order valence-electron chi connectivity index (χ4n) is 7.94. The van der Waals surface area contributed by atoms with Gasteiger partial charge in [-0.15, -0.1) is 0 Å². The number of benzene rings is 4. The number of fused-ring (bicyclic) bond motifs is 3. The fraction of sp³-hybridized carbons (Fsp3) is 0.231. The van der Waals surface area contributed by atoms with E-state index < -0.39 is 59.4 Å². The number of cyclic esters (lactones) is 1. The lowest BCUT2D eigenvalue weighted by atomic mass is 9.65. The number of ether oxygens (including phenoxy) is 2. The van der Waals surface area contributed by atoms with Crippen LogP contribution in [0.25, 0.3) is 0 Å². The van der Waals surface area contributed by atoms with E-state index in [9.17, 15) is 24.3 Å². The predicted octanol–water partition coefficient (Wildman–Crippen LogP) is 2.83. The zero-order valence-corrected chi connectivity index (χ0v) is 27.3. The summed E-state index contributed by atoms with van der Waals surface area (Å²) in [7, 11) is 0. The average Bonchev–Trinajstić information content (AvgIpc) is 3.61. The second-order valence-corrected chi connectivity index (χ2v) is 12.5. The van der Waals surface area contributed by atoms with Crippen LogP contribution >= 0.6 is 0 Å². The zero-order chi connectivity index (χ0) is 35.7. The molecule has 12 heteroatoms. The molecule has 4 aromatic carbocycles. The topological polar surface area (TPSA) is 186 Å². The van der Waals surface area contributed by atoms with Crippen LogP contribution in [-0.4, -0.2) is 59.6 Å². The monoisotopic (exact) mass is 685 g/mol. The van der Waals surface area contributed by atoms with Crippen LogP contribution in [0.3, 0.4) is 0 Å². The van der Waals surface area contributed by atoms with Crippen molar-refractivity contribution in [3.8, 4) is 17.6 Å². The minimum Gasteiger partial charge on any atom is -0.491 e. The Bertz CT molecular complexity index is 2060. The van der Waals surface area contributed by atoms with Crippen LogP contribution in [-0.2, 0) is 24.5 Å². The second kappa shape index (κ2) is 13.6. The van der Waals surface area contributed by atoms with Crippen LogP contribution in [0.15, 0.2) is 103 Å². The molecule has 7 N–H and O–H groups in total. The van der Waals surface area contributed by atoms with Gasteiger partial charge >= 0.3 is 12.0 Å². The van der Waals surface area contributed by atoms with Gasteiger partial charge in [-0.05, 0) is 41.0 Å². The largest absolute Gasteiger partial charge is 0.491 e. The number of urea groups is 1. The van der Waals surface area contributed by atoms with E-state index in [-0.39, 0.29) is 19.8 Å². The van der Waals surface area contributed by atoms with Crippen LogP contribution in [0.1, 0.15) is 46.0 Å². The number of aliphatic hydroxyl groups excluding tert-OH is 1. The Morgan fingerprint density at radius 2 is 1.61 bits per heavy atom. The molecule has 3 aliphatic rings. The number of esters is 1. The second-order valence-electron chi connectivity index (χ2n) is 12.5. The molecule has 4 aromatic rings. The number of anilines is 1. The molecular weight excluding hydrogens is 650 g/mol. The van der Waals surface area contributed by atoms with E-state index in [4.69, 9.17) is 20.9 Å². The van der Waals surface area contributed by atoms with Gasteiger partial charge in [-0.25, -0.2) is 4.79 Å². The van der Waals surface area contributed by atoms with E-state index in [1.807, 2.05) is 65.6 Å². The number of para-hydroxylation sites is 1. The molecule has 12 nitrogen and oxygen atoms in total. The quantitative estimate of drug-likeness (QED) is 0.138. The van der Waals surface area contributed by atoms with Crippen molar-refractivity contribution in [1.82, 2.24) is 10.2 Å². The molecule has 2 saturated heterocycles. The van der Waals surface area contributed by atoms with Gasteiger partial charge in [0.05, 0.1) is 31.2 Å². The number of hydrogen-bond acceptors (Lipinski definition) is 8. The maximum Gasteiger partial charge on any atom is 0.324 e. The van der Waals surface area contributed by atoms with E-state index in [0.29, 0.717) is 28.1 Å². The summed E-state index contributed by atoms with van der Waals surface area (Å²) in [5.41, 5.74) is 13.0. The molecule has 6 atom stereocenters. The third-order valence-electron chi connectivity index (χ3n) is 9.76. The summed E-state index contributed by atoms with van der Waals surface area (Å²) in [6, 6.07) is 27.2. The Morgan fingerprint density at radius 1 is 0.922 bits per heavy atom. The molecule has 0 bridgehead atoms. The Kier molecular flexibility index (Phi) is 8.91. The Hall–Kier alpha value is -6.16. The summed E-state index contributed by atoms with van der Waals surface area (Å²) in [5, 5.41) is 15.1. The van der Waals surface area contributed by atoms with Crippen LogP contribution < -0.4 is 26.8 Å². The molecule has 4 amide bonds. The van der Waals surface area contributed by atoms with Crippen molar-refractivity contribution in [1.29, 1.82) is 0 Å². The molecular formula is C39H35N5O7. The Morgan fingerprint density at radius 3 is 2.29 bits per heavy atom. The van der Waals surface area contributed by atoms with Crippen molar-refractivity contribution in [3.05, 3.63) is 131 Å². The normalized spacial score (nSPS) is 24.8. The molecule has 258 valence electrons. The number of carbonyl (C=O) groups is 4. The molecule has 0 aromatic heterocycles. The number of hydrogen-bond donors (Lipinski definition) is 5. The first kappa shape index (κ1) is 33.3. The molecule has 0 saturated carbocycles. The van der Waals surface area contributed by atoms with Gasteiger partial charge in [0.2, 0.25) is 11.8 Å². The van der Waals surface area contributed by atoms with E-state index in [1.54, 1.807) is 42.5 Å². The van der Waals surface area contributed by atoms with Crippen LogP contribution in [0.4, 0.5) is 10.5 Å². The summed E-state index contributed by atoms with van der Waals surface area (Å²) in [6.45, 7) is -0.332. The summed E-state index contributed by atoms with van der Waals surface area (Å²) in [6.07, 6.45) is -0.840. The summed E-state index contributed by atoms with van der Waals surface area (Å²) in [5.74, 6) is 2.68. The van der Waals surface area contributed by atoms with Gasteiger partial charge in [-0.2, -0.15) is 0 Å². The number of rotatable bonds is 8. The number of carbonyl (C=O) groups excluding carboxylic acids is 4. The number of amides is 4. The lowest BCUT2D eigenvalue weighted by Gasteiger charge is -2.46. The van der Waals surface area contributed by atoms with Crippen LogP contribution in [0.5, 0.6) is 5.75 Å².